The molecule has 0 radical (unpaired) electrons. The van der Waals surface area contributed by atoms with E-state index in [-0.39, 0.29) is 11.9 Å². The Labute approximate surface area is 136 Å². The van der Waals surface area contributed by atoms with Gasteiger partial charge in [0.1, 0.15) is 0 Å². The summed E-state index contributed by atoms with van der Waals surface area (Å²) in [5, 5.41) is 0. The second-order valence-corrected chi connectivity index (χ2v) is 8.26. The summed E-state index contributed by atoms with van der Waals surface area (Å²) < 4.78 is 25.3. The van der Waals surface area contributed by atoms with Gasteiger partial charge >= 0.3 is 0 Å². The maximum absolute atomic E-state index is 12.5. The fourth-order valence-electron chi connectivity index (χ4n) is 2.65. The topological polar surface area (TPSA) is 66.5 Å². The van der Waals surface area contributed by atoms with Crippen LogP contribution in [0.1, 0.15) is 28.8 Å². The molecular weight excluding hydrogens is 320 g/mol. The zero-order valence-electron chi connectivity index (χ0n) is 12.9. The lowest BCUT2D eigenvalue weighted by Crippen LogP contribution is -2.49. The second-order valence-electron chi connectivity index (χ2n) is 5.61. The molecule has 1 aromatic rings. The fraction of sp³-hybridized carbons (Fsp3) is 0.533. The highest BCUT2D eigenvalue weighted by molar-refractivity contribution is 7.97. The lowest BCUT2D eigenvalue weighted by atomic mass is 10.0. The smallest absolute Gasteiger partial charge is 0.253 e. The molecule has 0 spiro atoms. The zero-order valence-corrected chi connectivity index (χ0v) is 14.5. The van der Waals surface area contributed by atoms with E-state index < -0.39 is 10.0 Å². The van der Waals surface area contributed by atoms with E-state index >= 15 is 0 Å². The molecule has 0 saturated carbocycles. The summed E-state index contributed by atoms with van der Waals surface area (Å²) in [7, 11) is -3.24. The van der Waals surface area contributed by atoms with Gasteiger partial charge in [-0.05, 0) is 36.8 Å². The number of carbonyl (C=O) groups excluding carboxylic acids is 1. The fourth-order valence-corrected chi connectivity index (χ4v) is 3.98. The Morgan fingerprint density at radius 3 is 2.64 bits per heavy atom. The molecule has 22 heavy (non-hydrogen) atoms. The molecule has 1 unspecified atom stereocenters. The SMILES string of the molecule is CSCc1ccc(C(=O)N2CCCC(NS(C)(=O)=O)C2)cc1. The first-order valence-corrected chi connectivity index (χ1v) is 10.5. The number of nitrogens with zero attached hydrogens (tertiary/aromatic N) is 1. The number of hydrogen-bond acceptors (Lipinski definition) is 4. The van der Waals surface area contributed by atoms with Crippen molar-refractivity contribution in [2.24, 2.45) is 0 Å². The molecule has 122 valence electrons. The van der Waals surface area contributed by atoms with E-state index in [1.54, 1.807) is 16.7 Å². The molecule has 7 heteroatoms. The Bertz CT molecular complexity index is 614. The number of amides is 1. The van der Waals surface area contributed by atoms with Gasteiger partial charge in [0.15, 0.2) is 0 Å². The van der Waals surface area contributed by atoms with Gasteiger partial charge in [0, 0.05) is 30.4 Å². The van der Waals surface area contributed by atoms with Crippen molar-refractivity contribution in [3.05, 3.63) is 35.4 Å². The van der Waals surface area contributed by atoms with Crippen molar-refractivity contribution in [2.75, 3.05) is 25.6 Å². The number of benzene rings is 1. The Hall–Kier alpha value is -1.05. The van der Waals surface area contributed by atoms with E-state index in [4.69, 9.17) is 0 Å². The van der Waals surface area contributed by atoms with Gasteiger partial charge in [-0.25, -0.2) is 13.1 Å². The largest absolute Gasteiger partial charge is 0.337 e. The molecular formula is C15H22N2O3S2. The molecule has 5 nitrogen and oxygen atoms in total. The van der Waals surface area contributed by atoms with Crippen LogP contribution < -0.4 is 4.72 Å². The lowest BCUT2D eigenvalue weighted by molar-refractivity contribution is 0.0703. The number of thioether (sulfide) groups is 1. The van der Waals surface area contributed by atoms with Crippen molar-refractivity contribution in [3.63, 3.8) is 0 Å². The average molecular weight is 342 g/mol. The summed E-state index contributed by atoms with van der Waals surface area (Å²) in [6.07, 6.45) is 4.77. The quantitative estimate of drug-likeness (QED) is 0.884. The number of nitrogens with one attached hydrogen (secondary N) is 1. The van der Waals surface area contributed by atoms with Crippen molar-refractivity contribution in [1.29, 1.82) is 0 Å². The Balaban J connectivity index is 2.02. The minimum absolute atomic E-state index is 0.0318. The number of rotatable bonds is 5. The van der Waals surface area contributed by atoms with Gasteiger partial charge in [-0.3, -0.25) is 4.79 Å². The van der Waals surface area contributed by atoms with Crippen LogP contribution >= 0.6 is 11.8 Å². The van der Waals surface area contributed by atoms with Crippen LogP contribution in [0.5, 0.6) is 0 Å². The molecule has 1 heterocycles. The Morgan fingerprint density at radius 1 is 1.36 bits per heavy atom. The molecule has 1 aliphatic heterocycles. The first kappa shape index (κ1) is 17.3. The van der Waals surface area contributed by atoms with Crippen LogP contribution in [0, 0.1) is 0 Å². The van der Waals surface area contributed by atoms with Gasteiger partial charge < -0.3 is 4.90 Å². The number of carbonyl (C=O) groups is 1. The lowest BCUT2D eigenvalue weighted by Gasteiger charge is -2.32. The third-order valence-corrected chi connectivity index (χ3v) is 4.98. The summed E-state index contributed by atoms with van der Waals surface area (Å²) >= 11 is 1.74. The Morgan fingerprint density at radius 2 is 2.05 bits per heavy atom. The summed E-state index contributed by atoms with van der Waals surface area (Å²) in [6.45, 7) is 1.10. The van der Waals surface area contributed by atoms with Gasteiger partial charge in [0.05, 0.1) is 6.26 Å². The van der Waals surface area contributed by atoms with E-state index in [9.17, 15) is 13.2 Å². The number of sulfonamides is 1. The van der Waals surface area contributed by atoms with Crippen LogP contribution in [0.2, 0.25) is 0 Å². The average Bonchev–Trinajstić information content (AvgIpc) is 2.46. The first-order chi connectivity index (χ1) is 10.4. The van der Waals surface area contributed by atoms with Crippen molar-refractivity contribution in [1.82, 2.24) is 9.62 Å². The normalized spacial score (nSPS) is 19.2. The predicted molar refractivity (Wildman–Crippen MR) is 90.6 cm³/mol. The van der Waals surface area contributed by atoms with Crippen molar-refractivity contribution in [2.45, 2.75) is 24.6 Å². The third-order valence-electron chi connectivity index (χ3n) is 3.60. The summed E-state index contributed by atoms with van der Waals surface area (Å²) in [5.74, 6) is 0.897. The van der Waals surface area contributed by atoms with E-state index in [2.05, 4.69) is 4.72 Å². The monoisotopic (exact) mass is 342 g/mol. The van der Waals surface area contributed by atoms with Gasteiger partial charge in [0.25, 0.3) is 5.91 Å². The van der Waals surface area contributed by atoms with E-state index in [0.29, 0.717) is 18.7 Å². The predicted octanol–water partition coefficient (Wildman–Crippen LogP) is 1.70. The number of hydrogen-bond donors (Lipinski definition) is 1. The number of likely N-dealkylation sites (tertiary alicyclic amines) is 1. The van der Waals surface area contributed by atoms with Crippen molar-refractivity contribution >= 4 is 27.7 Å². The second kappa shape index (κ2) is 7.48. The van der Waals surface area contributed by atoms with Gasteiger partial charge in [-0.2, -0.15) is 11.8 Å². The van der Waals surface area contributed by atoms with E-state index in [1.165, 1.54) is 5.56 Å². The molecule has 1 fully saturated rings. The van der Waals surface area contributed by atoms with Gasteiger partial charge in [-0.1, -0.05) is 12.1 Å². The summed E-state index contributed by atoms with van der Waals surface area (Å²) in [6, 6.07) is 7.45. The van der Waals surface area contributed by atoms with Crippen LogP contribution in [-0.2, 0) is 15.8 Å². The number of piperidine rings is 1. The van der Waals surface area contributed by atoms with Crippen LogP contribution in [0.4, 0.5) is 0 Å². The molecule has 1 N–H and O–H groups in total. The van der Waals surface area contributed by atoms with Crippen molar-refractivity contribution < 1.29 is 13.2 Å². The van der Waals surface area contributed by atoms with Crippen LogP contribution in [0.3, 0.4) is 0 Å². The van der Waals surface area contributed by atoms with E-state index in [1.807, 2.05) is 30.5 Å². The minimum atomic E-state index is -3.24. The molecule has 0 bridgehead atoms. The first-order valence-electron chi connectivity index (χ1n) is 7.23. The van der Waals surface area contributed by atoms with Gasteiger partial charge in [-0.15, -0.1) is 0 Å². The molecule has 1 aliphatic rings. The molecule has 1 aromatic carbocycles. The summed E-state index contributed by atoms with van der Waals surface area (Å²) in [4.78, 5) is 14.3. The highest BCUT2D eigenvalue weighted by Gasteiger charge is 2.26. The van der Waals surface area contributed by atoms with Gasteiger partial charge in [0.2, 0.25) is 10.0 Å². The molecule has 2 rings (SSSR count). The highest BCUT2D eigenvalue weighted by atomic mass is 32.2. The molecule has 1 atom stereocenters. The highest BCUT2D eigenvalue weighted by Crippen LogP contribution is 2.16. The molecule has 0 aliphatic carbocycles. The molecule has 1 amide bonds. The minimum Gasteiger partial charge on any atom is -0.337 e. The Kier molecular flexibility index (Phi) is 5.88. The summed E-state index contributed by atoms with van der Waals surface area (Å²) in [5.41, 5.74) is 1.85. The van der Waals surface area contributed by atoms with Crippen LogP contribution in [0.25, 0.3) is 0 Å². The third kappa shape index (κ3) is 5.00. The maximum atomic E-state index is 12.5. The maximum Gasteiger partial charge on any atom is 0.253 e. The standard InChI is InChI=1S/C15H22N2O3S2/c1-21-11-12-5-7-13(8-6-12)15(18)17-9-3-4-14(10-17)16-22(2,19)20/h5-8,14,16H,3-4,9-11H2,1-2H3. The van der Waals surface area contributed by atoms with Crippen LogP contribution in [-0.4, -0.2) is 50.9 Å². The zero-order chi connectivity index (χ0) is 16.2. The van der Waals surface area contributed by atoms with E-state index in [0.717, 1.165) is 24.9 Å². The van der Waals surface area contributed by atoms with Crippen LogP contribution in [0.15, 0.2) is 24.3 Å². The van der Waals surface area contributed by atoms with Crippen molar-refractivity contribution in [3.8, 4) is 0 Å². The molecule has 1 saturated heterocycles. The molecule has 0 aromatic heterocycles.